The van der Waals surface area contributed by atoms with Gasteiger partial charge in [-0.25, -0.2) is 5.84 Å². The molecule has 1 heterocycles. The van der Waals surface area contributed by atoms with E-state index in [0.29, 0.717) is 5.82 Å². The second-order valence-corrected chi connectivity index (χ2v) is 4.91. The summed E-state index contributed by atoms with van der Waals surface area (Å²) in [5, 5.41) is 10.6. The van der Waals surface area contributed by atoms with Crippen molar-refractivity contribution in [3.05, 3.63) is 53.6 Å². The molecule has 0 spiro atoms. The Balaban J connectivity index is 2.35. The van der Waals surface area contributed by atoms with Gasteiger partial charge in [-0.15, -0.1) is 10.2 Å². The topological polar surface area (TPSA) is 63.8 Å². The first-order valence-corrected chi connectivity index (χ1v) is 6.50. The van der Waals surface area contributed by atoms with Crippen molar-refractivity contribution in [2.45, 2.75) is 13.8 Å². The summed E-state index contributed by atoms with van der Waals surface area (Å²) in [6.07, 6.45) is 0. The molecule has 0 bridgehead atoms. The van der Waals surface area contributed by atoms with Crippen molar-refractivity contribution >= 4 is 16.6 Å². The van der Waals surface area contributed by atoms with Crippen LogP contribution in [-0.4, -0.2) is 10.2 Å². The third-order valence-electron chi connectivity index (χ3n) is 3.47. The average molecular weight is 264 g/mol. The second kappa shape index (κ2) is 4.90. The Bertz CT molecular complexity index is 781. The van der Waals surface area contributed by atoms with Gasteiger partial charge in [0, 0.05) is 16.3 Å². The molecule has 0 saturated carbocycles. The van der Waals surface area contributed by atoms with E-state index in [9.17, 15) is 0 Å². The lowest BCUT2D eigenvalue weighted by Gasteiger charge is -2.11. The van der Waals surface area contributed by atoms with Crippen LogP contribution in [0, 0.1) is 13.8 Å². The van der Waals surface area contributed by atoms with Crippen LogP contribution >= 0.6 is 0 Å². The molecule has 0 aliphatic rings. The Morgan fingerprint density at radius 1 is 0.950 bits per heavy atom. The Morgan fingerprint density at radius 3 is 2.45 bits per heavy atom. The summed E-state index contributed by atoms with van der Waals surface area (Å²) in [5.41, 5.74) is 6.99. The third-order valence-corrected chi connectivity index (χ3v) is 3.47. The highest BCUT2D eigenvalue weighted by Gasteiger charge is 2.11. The van der Waals surface area contributed by atoms with E-state index >= 15 is 0 Å². The van der Waals surface area contributed by atoms with Crippen LogP contribution in [0.3, 0.4) is 0 Å². The summed E-state index contributed by atoms with van der Waals surface area (Å²) in [7, 11) is 0. The Hall–Kier alpha value is -2.46. The first-order valence-electron chi connectivity index (χ1n) is 6.50. The Labute approximate surface area is 117 Å². The lowest BCUT2D eigenvalue weighted by atomic mass is 9.99. The molecule has 0 amide bonds. The van der Waals surface area contributed by atoms with Crippen molar-refractivity contribution in [3.8, 4) is 11.3 Å². The normalized spacial score (nSPS) is 10.8. The monoisotopic (exact) mass is 264 g/mol. The minimum absolute atomic E-state index is 0.592. The van der Waals surface area contributed by atoms with Crippen LogP contribution in [0.1, 0.15) is 11.1 Å². The molecule has 0 aliphatic heterocycles. The number of hydrogen-bond acceptors (Lipinski definition) is 4. The number of nitrogens with two attached hydrogens (primary N) is 1. The van der Waals surface area contributed by atoms with E-state index in [1.54, 1.807) is 0 Å². The van der Waals surface area contributed by atoms with E-state index in [1.807, 2.05) is 24.3 Å². The number of rotatable bonds is 2. The summed E-state index contributed by atoms with van der Waals surface area (Å²) in [5.74, 6) is 6.10. The summed E-state index contributed by atoms with van der Waals surface area (Å²) < 4.78 is 0. The summed E-state index contributed by atoms with van der Waals surface area (Å²) in [4.78, 5) is 0. The zero-order chi connectivity index (χ0) is 14.1. The maximum Gasteiger partial charge on any atom is 0.170 e. The van der Waals surface area contributed by atoms with Crippen LogP contribution < -0.4 is 11.3 Å². The quantitative estimate of drug-likeness (QED) is 0.551. The molecular weight excluding hydrogens is 248 g/mol. The van der Waals surface area contributed by atoms with Gasteiger partial charge < -0.3 is 5.43 Å². The fraction of sp³-hybridized carbons (Fsp3) is 0.125. The number of anilines is 1. The average Bonchev–Trinajstić information content (AvgIpc) is 2.49. The standard InChI is InChI=1S/C16H16N4/c1-10-7-8-11(2)14(9-10)15-12-5-3-4-6-13(12)16(18-17)20-19-15/h3-9H,17H2,1-2H3,(H,18,20). The molecule has 0 radical (unpaired) electrons. The second-order valence-electron chi connectivity index (χ2n) is 4.91. The fourth-order valence-corrected chi connectivity index (χ4v) is 2.40. The molecule has 3 rings (SSSR count). The molecule has 2 aromatic carbocycles. The number of nitrogens with one attached hydrogen (secondary N) is 1. The molecule has 0 aliphatic carbocycles. The highest BCUT2D eigenvalue weighted by atomic mass is 15.3. The maximum atomic E-state index is 5.51. The maximum absolute atomic E-state index is 5.51. The Kier molecular flexibility index (Phi) is 3.08. The van der Waals surface area contributed by atoms with Crippen LogP contribution in [0.2, 0.25) is 0 Å². The molecule has 0 unspecified atom stereocenters. The highest BCUT2D eigenvalue weighted by Crippen LogP contribution is 2.31. The first-order chi connectivity index (χ1) is 9.70. The van der Waals surface area contributed by atoms with E-state index in [2.05, 4.69) is 47.7 Å². The zero-order valence-electron chi connectivity index (χ0n) is 11.5. The molecular formula is C16H16N4. The number of hydrazine groups is 1. The van der Waals surface area contributed by atoms with Crippen LogP contribution in [0.15, 0.2) is 42.5 Å². The molecule has 3 aromatic rings. The first kappa shape index (κ1) is 12.6. The summed E-state index contributed by atoms with van der Waals surface area (Å²) in [6.45, 7) is 4.16. The van der Waals surface area contributed by atoms with Gasteiger partial charge >= 0.3 is 0 Å². The number of aromatic nitrogens is 2. The molecule has 4 heteroatoms. The summed E-state index contributed by atoms with van der Waals surface area (Å²) in [6, 6.07) is 14.4. The van der Waals surface area contributed by atoms with Gasteiger partial charge in [0.05, 0.1) is 0 Å². The van der Waals surface area contributed by atoms with Gasteiger partial charge in [0.1, 0.15) is 5.69 Å². The minimum Gasteiger partial charge on any atom is -0.306 e. The molecule has 0 fully saturated rings. The van der Waals surface area contributed by atoms with E-state index < -0.39 is 0 Å². The van der Waals surface area contributed by atoms with Gasteiger partial charge in [-0.1, -0.05) is 42.0 Å². The van der Waals surface area contributed by atoms with Crippen molar-refractivity contribution in [2.75, 3.05) is 5.43 Å². The molecule has 100 valence electrons. The van der Waals surface area contributed by atoms with Gasteiger partial charge in [-0.2, -0.15) is 0 Å². The number of hydrogen-bond donors (Lipinski definition) is 2. The van der Waals surface area contributed by atoms with Crippen LogP contribution in [0.25, 0.3) is 22.0 Å². The van der Waals surface area contributed by atoms with Gasteiger partial charge in [0.25, 0.3) is 0 Å². The Morgan fingerprint density at radius 2 is 1.70 bits per heavy atom. The number of benzene rings is 2. The van der Waals surface area contributed by atoms with Crippen molar-refractivity contribution in [3.63, 3.8) is 0 Å². The SMILES string of the molecule is Cc1ccc(C)c(-c2nnc(NN)c3ccccc23)c1. The predicted octanol–water partition coefficient (Wildman–Crippen LogP) is 3.20. The zero-order valence-corrected chi connectivity index (χ0v) is 11.5. The molecule has 20 heavy (non-hydrogen) atoms. The molecule has 4 nitrogen and oxygen atoms in total. The van der Waals surface area contributed by atoms with Gasteiger partial charge in [-0.3, -0.25) is 0 Å². The third kappa shape index (κ3) is 2.00. The van der Waals surface area contributed by atoms with Gasteiger partial charge in [0.2, 0.25) is 0 Å². The van der Waals surface area contributed by atoms with Crippen LogP contribution in [0.5, 0.6) is 0 Å². The highest BCUT2D eigenvalue weighted by molar-refractivity contribution is 6.00. The van der Waals surface area contributed by atoms with Crippen molar-refractivity contribution in [1.82, 2.24) is 10.2 Å². The van der Waals surface area contributed by atoms with E-state index in [4.69, 9.17) is 5.84 Å². The van der Waals surface area contributed by atoms with E-state index in [1.165, 1.54) is 11.1 Å². The number of nitrogen functional groups attached to an aromatic ring is 1. The van der Waals surface area contributed by atoms with Crippen molar-refractivity contribution in [1.29, 1.82) is 0 Å². The molecule has 3 N–H and O–H groups in total. The number of aryl methyl sites for hydroxylation is 2. The smallest absolute Gasteiger partial charge is 0.170 e. The lowest BCUT2D eigenvalue weighted by molar-refractivity contribution is 1.04. The number of fused-ring (bicyclic) bond motifs is 1. The molecule has 0 saturated heterocycles. The molecule has 0 atom stereocenters. The van der Waals surface area contributed by atoms with Crippen molar-refractivity contribution < 1.29 is 0 Å². The van der Waals surface area contributed by atoms with E-state index in [-0.39, 0.29) is 0 Å². The van der Waals surface area contributed by atoms with Crippen LogP contribution in [-0.2, 0) is 0 Å². The van der Waals surface area contributed by atoms with Crippen molar-refractivity contribution in [2.24, 2.45) is 5.84 Å². The lowest BCUT2D eigenvalue weighted by Crippen LogP contribution is -2.10. The van der Waals surface area contributed by atoms with Gasteiger partial charge in [0.15, 0.2) is 5.82 Å². The van der Waals surface area contributed by atoms with Crippen LogP contribution in [0.4, 0.5) is 5.82 Å². The number of nitrogens with zero attached hydrogens (tertiary/aromatic N) is 2. The minimum atomic E-state index is 0.592. The van der Waals surface area contributed by atoms with Gasteiger partial charge in [-0.05, 0) is 25.5 Å². The largest absolute Gasteiger partial charge is 0.306 e. The fourth-order valence-electron chi connectivity index (χ4n) is 2.40. The summed E-state index contributed by atoms with van der Waals surface area (Å²) >= 11 is 0. The molecule has 1 aromatic heterocycles. The predicted molar refractivity (Wildman–Crippen MR) is 82.3 cm³/mol. The van der Waals surface area contributed by atoms with E-state index in [0.717, 1.165) is 22.0 Å².